The number of hydrogen-bond donors (Lipinski definition) is 0. The van der Waals surface area contributed by atoms with Crippen LogP contribution in [-0.4, -0.2) is 9.13 Å². The average molecular weight is 350 g/mol. The zero-order valence-corrected chi connectivity index (χ0v) is 14.5. The van der Waals surface area contributed by atoms with Crippen molar-refractivity contribution in [3.63, 3.8) is 0 Å². The summed E-state index contributed by atoms with van der Waals surface area (Å²) in [6.07, 6.45) is 1.56. The zero-order valence-electron chi connectivity index (χ0n) is 14.5. The third-order valence-corrected chi connectivity index (χ3v) is 4.19. The third kappa shape index (κ3) is 3.17. The Kier molecular flexibility index (Phi) is 4.76. The molecule has 0 spiro atoms. The minimum absolute atomic E-state index is 0.0721. The van der Waals surface area contributed by atoms with E-state index < -0.39 is 11.2 Å². The highest BCUT2D eigenvalue weighted by atomic mass is 16.3. The molecular formula is C19H18N4O3. The van der Waals surface area contributed by atoms with E-state index in [1.165, 1.54) is 11.6 Å². The first-order valence-electron chi connectivity index (χ1n) is 8.04. The largest absolute Gasteiger partial charge is 0.467 e. The van der Waals surface area contributed by atoms with E-state index in [2.05, 4.69) is 0 Å². The fourth-order valence-corrected chi connectivity index (χ4v) is 2.90. The minimum Gasteiger partial charge on any atom is -0.467 e. The van der Waals surface area contributed by atoms with Crippen LogP contribution in [-0.2, 0) is 27.2 Å². The molecule has 1 aromatic carbocycles. The van der Waals surface area contributed by atoms with Crippen molar-refractivity contribution < 1.29 is 4.42 Å². The molecule has 0 aliphatic heterocycles. The summed E-state index contributed by atoms with van der Waals surface area (Å²) in [7, 11) is 2.92. The maximum absolute atomic E-state index is 12.4. The molecule has 7 heteroatoms. The van der Waals surface area contributed by atoms with E-state index in [0.717, 1.165) is 10.1 Å². The van der Waals surface area contributed by atoms with E-state index in [1.807, 2.05) is 42.5 Å². The van der Waals surface area contributed by atoms with Crippen molar-refractivity contribution in [2.75, 3.05) is 4.90 Å². The van der Waals surface area contributed by atoms with Crippen LogP contribution in [0.5, 0.6) is 0 Å². The summed E-state index contributed by atoms with van der Waals surface area (Å²) in [4.78, 5) is 26.6. The molecule has 0 N–H and O–H groups in total. The molecule has 7 nitrogen and oxygen atoms in total. The smallest absolute Gasteiger partial charge is 0.332 e. The topological polar surface area (TPSA) is 84.2 Å². The van der Waals surface area contributed by atoms with E-state index in [9.17, 15) is 14.9 Å². The average Bonchev–Trinajstić information content (AvgIpc) is 3.16. The molecule has 0 atom stereocenters. The standard InChI is InChI=1S/C19H18N4O3/c1-21-17(16(11-20)18(24)22(2)19(21)25)23(13-15-9-6-10-26-15)12-14-7-4-3-5-8-14/h3-10H,12-13H2,1-2H3. The number of benzene rings is 1. The van der Waals surface area contributed by atoms with Crippen LogP contribution in [0.1, 0.15) is 16.9 Å². The molecule has 0 amide bonds. The predicted molar refractivity (Wildman–Crippen MR) is 96.7 cm³/mol. The third-order valence-electron chi connectivity index (χ3n) is 4.19. The lowest BCUT2D eigenvalue weighted by Crippen LogP contribution is -2.42. The molecule has 0 bridgehead atoms. The van der Waals surface area contributed by atoms with Gasteiger partial charge in [0.25, 0.3) is 5.56 Å². The Bertz CT molecular complexity index is 1060. The molecule has 3 rings (SSSR count). The van der Waals surface area contributed by atoms with Gasteiger partial charge in [-0.15, -0.1) is 0 Å². The SMILES string of the molecule is Cn1c(N(Cc2ccccc2)Cc2ccco2)c(C#N)c(=O)n(C)c1=O. The second kappa shape index (κ2) is 7.15. The maximum Gasteiger partial charge on any atom is 0.332 e. The summed E-state index contributed by atoms with van der Waals surface area (Å²) < 4.78 is 7.69. The van der Waals surface area contributed by atoms with Gasteiger partial charge in [0.1, 0.15) is 17.6 Å². The van der Waals surface area contributed by atoms with E-state index in [1.54, 1.807) is 24.3 Å². The maximum atomic E-state index is 12.4. The van der Waals surface area contributed by atoms with Crippen LogP contribution >= 0.6 is 0 Å². The van der Waals surface area contributed by atoms with Gasteiger partial charge in [-0.25, -0.2) is 4.79 Å². The molecule has 132 valence electrons. The second-order valence-electron chi connectivity index (χ2n) is 5.94. The summed E-state index contributed by atoms with van der Waals surface area (Å²) in [6.45, 7) is 0.730. The second-order valence-corrected chi connectivity index (χ2v) is 5.94. The fourth-order valence-electron chi connectivity index (χ4n) is 2.90. The van der Waals surface area contributed by atoms with Crippen molar-refractivity contribution in [2.45, 2.75) is 13.1 Å². The lowest BCUT2D eigenvalue weighted by Gasteiger charge is -2.26. The minimum atomic E-state index is -0.608. The molecule has 0 unspecified atom stereocenters. The Morgan fingerprint density at radius 2 is 1.77 bits per heavy atom. The summed E-state index contributed by atoms with van der Waals surface area (Å²) in [5.74, 6) is 0.943. The normalized spacial score (nSPS) is 10.5. The molecule has 0 radical (unpaired) electrons. The van der Waals surface area contributed by atoms with Crippen LogP contribution in [0.25, 0.3) is 0 Å². The van der Waals surface area contributed by atoms with Crippen molar-refractivity contribution in [3.05, 3.63) is 86.5 Å². The zero-order chi connectivity index (χ0) is 18.7. The molecule has 0 aliphatic rings. The van der Waals surface area contributed by atoms with Crippen LogP contribution in [0.4, 0.5) is 5.82 Å². The quantitative estimate of drug-likeness (QED) is 0.700. The Morgan fingerprint density at radius 3 is 2.38 bits per heavy atom. The summed E-state index contributed by atoms with van der Waals surface area (Å²) in [5, 5.41) is 9.55. The first-order chi connectivity index (χ1) is 12.5. The Balaban J connectivity index is 2.17. The number of nitriles is 1. The highest BCUT2D eigenvalue weighted by molar-refractivity contribution is 5.54. The fraction of sp³-hybridized carbons (Fsp3) is 0.211. The van der Waals surface area contributed by atoms with E-state index >= 15 is 0 Å². The van der Waals surface area contributed by atoms with E-state index in [4.69, 9.17) is 4.42 Å². The van der Waals surface area contributed by atoms with Gasteiger partial charge in [0.15, 0.2) is 5.56 Å². The summed E-state index contributed by atoms with van der Waals surface area (Å²) in [5.41, 5.74) is -0.183. The van der Waals surface area contributed by atoms with Gasteiger partial charge < -0.3 is 9.32 Å². The molecule has 0 aliphatic carbocycles. The first-order valence-corrected chi connectivity index (χ1v) is 8.04. The van der Waals surface area contributed by atoms with Crippen LogP contribution in [0, 0.1) is 11.3 Å². The molecule has 0 saturated carbocycles. The van der Waals surface area contributed by atoms with Gasteiger partial charge in [0.2, 0.25) is 0 Å². The number of furan rings is 1. The number of rotatable bonds is 5. The van der Waals surface area contributed by atoms with Gasteiger partial charge in [-0.1, -0.05) is 30.3 Å². The number of nitrogens with zero attached hydrogens (tertiary/aromatic N) is 4. The van der Waals surface area contributed by atoms with Crippen molar-refractivity contribution in [1.29, 1.82) is 5.26 Å². The Morgan fingerprint density at radius 1 is 1.04 bits per heavy atom. The monoisotopic (exact) mass is 350 g/mol. The van der Waals surface area contributed by atoms with Crippen LogP contribution in [0.3, 0.4) is 0 Å². The highest BCUT2D eigenvalue weighted by Gasteiger charge is 2.22. The lowest BCUT2D eigenvalue weighted by molar-refractivity contribution is 0.497. The number of anilines is 1. The molecule has 26 heavy (non-hydrogen) atoms. The summed E-state index contributed by atoms with van der Waals surface area (Å²) >= 11 is 0. The van der Waals surface area contributed by atoms with Gasteiger partial charge in [-0.2, -0.15) is 5.26 Å². The molecule has 3 aromatic rings. The predicted octanol–water partition coefficient (Wildman–Crippen LogP) is 1.76. The van der Waals surface area contributed by atoms with Gasteiger partial charge in [-0.3, -0.25) is 13.9 Å². The first kappa shape index (κ1) is 17.3. The highest BCUT2D eigenvalue weighted by Crippen LogP contribution is 2.21. The van der Waals surface area contributed by atoms with Gasteiger partial charge in [0.05, 0.1) is 12.8 Å². The van der Waals surface area contributed by atoms with Crippen LogP contribution in [0.2, 0.25) is 0 Å². The number of hydrogen-bond acceptors (Lipinski definition) is 5. The molecule has 2 aromatic heterocycles. The van der Waals surface area contributed by atoms with Crippen molar-refractivity contribution in [2.24, 2.45) is 14.1 Å². The van der Waals surface area contributed by atoms with Crippen LogP contribution < -0.4 is 16.1 Å². The molecule has 0 fully saturated rings. The van der Waals surface area contributed by atoms with Crippen molar-refractivity contribution >= 4 is 5.82 Å². The number of aromatic nitrogens is 2. The van der Waals surface area contributed by atoms with Gasteiger partial charge in [0, 0.05) is 20.6 Å². The van der Waals surface area contributed by atoms with Crippen LogP contribution in [0.15, 0.2) is 62.7 Å². The Labute approximate surface area is 149 Å². The lowest BCUT2D eigenvalue weighted by atomic mass is 10.2. The van der Waals surface area contributed by atoms with Gasteiger partial charge >= 0.3 is 5.69 Å². The van der Waals surface area contributed by atoms with E-state index in [-0.39, 0.29) is 11.4 Å². The van der Waals surface area contributed by atoms with Crippen molar-refractivity contribution in [1.82, 2.24) is 9.13 Å². The van der Waals surface area contributed by atoms with Crippen molar-refractivity contribution in [3.8, 4) is 6.07 Å². The van der Waals surface area contributed by atoms with E-state index in [0.29, 0.717) is 18.8 Å². The molecule has 0 saturated heterocycles. The molecular weight excluding hydrogens is 332 g/mol. The molecule has 2 heterocycles. The Hall–Kier alpha value is -3.53. The summed E-state index contributed by atoms with van der Waals surface area (Å²) in [6, 6.07) is 15.2. The van der Waals surface area contributed by atoms with Gasteiger partial charge in [-0.05, 0) is 17.7 Å².